The average Bonchev–Trinajstić information content (AvgIpc) is 3.68. The predicted octanol–water partition coefficient (Wildman–Crippen LogP) is 6.03. The number of piperazine rings is 1. The molecule has 13 nitrogen and oxygen atoms in total. The number of aromatic nitrogens is 4. The Labute approximate surface area is 295 Å². The second-order valence-electron chi connectivity index (χ2n) is 14.0. The second-order valence-corrected chi connectivity index (χ2v) is 14.4. The van der Waals surface area contributed by atoms with Gasteiger partial charge < -0.3 is 33.5 Å². The van der Waals surface area contributed by atoms with Crippen LogP contribution in [-0.4, -0.2) is 113 Å². The van der Waals surface area contributed by atoms with Crippen LogP contribution in [0.4, 0.5) is 15.0 Å². The summed E-state index contributed by atoms with van der Waals surface area (Å²) in [6.07, 6.45) is 3.24. The Morgan fingerprint density at radius 2 is 1.84 bits per heavy atom. The van der Waals surface area contributed by atoms with Crippen LogP contribution in [0.2, 0.25) is 5.02 Å². The molecule has 5 heterocycles. The predicted molar refractivity (Wildman–Crippen MR) is 186 cm³/mol. The number of carbonyl (C=O) groups excluding carboxylic acids is 1. The van der Waals surface area contributed by atoms with Crippen LogP contribution in [0, 0.1) is 5.82 Å². The van der Waals surface area contributed by atoms with Crippen molar-refractivity contribution in [1.82, 2.24) is 29.5 Å². The molecule has 15 heteroatoms. The van der Waals surface area contributed by atoms with Crippen molar-refractivity contribution in [1.29, 1.82) is 0 Å². The van der Waals surface area contributed by atoms with E-state index in [1.165, 1.54) is 6.07 Å². The summed E-state index contributed by atoms with van der Waals surface area (Å²) in [5.41, 5.74) is 0.387. The van der Waals surface area contributed by atoms with Crippen molar-refractivity contribution in [3.05, 3.63) is 41.3 Å². The van der Waals surface area contributed by atoms with Crippen molar-refractivity contribution in [2.45, 2.75) is 64.1 Å². The zero-order valence-corrected chi connectivity index (χ0v) is 29.8. The van der Waals surface area contributed by atoms with Gasteiger partial charge in [-0.3, -0.25) is 4.90 Å². The summed E-state index contributed by atoms with van der Waals surface area (Å²) in [6.45, 7) is 9.40. The first-order valence-corrected chi connectivity index (χ1v) is 17.4. The molecule has 0 saturated carbocycles. The van der Waals surface area contributed by atoms with Crippen LogP contribution in [0.1, 0.15) is 46.3 Å². The van der Waals surface area contributed by atoms with E-state index in [2.05, 4.69) is 14.9 Å². The fourth-order valence-corrected chi connectivity index (χ4v) is 6.94. The number of anilines is 1. The Bertz CT molecular complexity index is 1870. The maximum absolute atomic E-state index is 15.4. The van der Waals surface area contributed by atoms with E-state index < -0.39 is 11.4 Å². The van der Waals surface area contributed by atoms with Gasteiger partial charge >= 0.3 is 12.1 Å². The monoisotopic (exact) mass is 711 g/mol. The van der Waals surface area contributed by atoms with E-state index in [-0.39, 0.29) is 41.3 Å². The highest BCUT2D eigenvalue weighted by Crippen LogP contribution is 2.42. The van der Waals surface area contributed by atoms with Gasteiger partial charge in [0, 0.05) is 64.4 Å². The van der Waals surface area contributed by atoms with Gasteiger partial charge in [0.15, 0.2) is 17.7 Å². The molecule has 0 spiro atoms. The number of fused-ring (bicyclic) bond motifs is 2. The standard InChI is InChI=1S/C35H43ClFN7O6/c1-35(2,3)50-34(45)43-14-12-42(13-15-43)32-21-9-8-10-25(30(21)39-33(40-32)49-27-20-41(4)19-26(27)46-5)48-31-22-18-38-44(28-11-6-7-16-47-28)24(22)17-23(37)29(31)36/h8-10,17-18,26-28H,6-7,11-16,19-20H2,1-5H3/t26-,27-,28?/m1/s1. The molecule has 1 amide bonds. The smallest absolute Gasteiger partial charge is 0.410 e. The molecule has 2 aromatic heterocycles. The number of ether oxygens (including phenoxy) is 5. The first-order chi connectivity index (χ1) is 24.0. The first-order valence-electron chi connectivity index (χ1n) is 17.1. The van der Waals surface area contributed by atoms with Gasteiger partial charge in [-0.2, -0.15) is 15.1 Å². The third kappa shape index (κ3) is 6.98. The summed E-state index contributed by atoms with van der Waals surface area (Å²) in [4.78, 5) is 28.5. The first kappa shape index (κ1) is 34.5. The van der Waals surface area contributed by atoms with Gasteiger partial charge in [0.2, 0.25) is 0 Å². The molecule has 2 aromatic carbocycles. The molecule has 0 N–H and O–H groups in total. The minimum Gasteiger partial charge on any atom is -0.456 e. The summed E-state index contributed by atoms with van der Waals surface area (Å²) in [6, 6.07) is 7.01. The van der Waals surface area contributed by atoms with Gasteiger partial charge in [-0.15, -0.1) is 0 Å². The van der Waals surface area contributed by atoms with E-state index in [1.54, 1.807) is 29.0 Å². The van der Waals surface area contributed by atoms with Crippen molar-refractivity contribution in [3.8, 4) is 17.5 Å². The van der Waals surface area contributed by atoms with E-state index in [9.17, 15) is 4.79 Å². The molecule has 1 unspecified atom stereocenters. The summed E-state index contributed by atoms with van der Waals surface area (Å²) >= 11 is 6.60. The van der Waals surface area contributed by atoms with Crippen molar-refractivity contribution in [3.63, 3.8) is 0 Å². The third-order valence-electron chi connectivity index (χ3n) is 9.23. The molecule has 0 bridgehead atoms. The van der Waals surface area contributed by atoms with Crippen molar-refractivity contribution in [2.24, 2.45) is 0 Å². The molecule has 3 aliphatic heterocycles. The molecule has 3 fully saturated rings. The summed E-state index contributed by atoms with van der Waals surface area (Å²) < 4.78 is 47.3. The van der Waals surface area contributed by atoms with Crippen LogP contribution >= 0.6 is 11.6 Å². The minimum atomic E-state index is -0.634. The molecule has 0 radical (unpaired) electrons. The zero-order valence-electron chi connectivity index (χ0n) is 29.0. The molecule has 3 aliphatic rings. The highest BCUT2D eigenvalue weighted by molar-refractivity contribution is 6.33. The van der Waals surface area contributed by atoms with Gasteiger partial charge in [0.1, 0.15) is 40.0 Å². The van der Waals surface area contributed by atoms with Crippen LogP contribution in [0.15, 0.2) is 30.5 Å². The molecule has 7 rings (SSSR count). The van der Waals surface area contributed by atoms with Crippen molar-refractivity contribution in [2.75, 3.05) is 64.9 Å². The number of methoxy groups -OCH3 is 1. The summed E-state index contributed by atoms with van der Waals surface area (Å²) in [5, 5.41) is 5.63. The number of carbonyl (C=O) groups is 1. The van der Waals surface area contributed by atoms with Crippen LogP contribution in [-0.2, 0) is 14.2 Å². The van der Waals surface area contributed by atoms with Crippen LogP contribution in [0.5, 0.6) is 17.5 Å². The number of halogens is 2. The minimum absolute atomic E-state index is 0.127. The summed E-state index contributed by atoms with van der Waals surface area (Å²) in [5.74, 6) is 0.454. The van der Waals surface area contributed by atoms with Crippen LogP contribution in [0.3, 0.4) is 0 Å². The highest BCUT2D eigenvalue weighted by Gasteiger charge is 2.34. The quantitative estimate of drug-likeness (QED) is 0.224. The summed E-state index contributed by atoms with van der Waals surface area (Å²) in [7, 11) is 3.67. The van der Waals surface area contributed by atoms with E-state index in [1.807, 2.05) is 40.0 Å². The number of hydrogen-bond donors (Lipinski definition) is 0. The van der Waals surface area contributed by atoms with Crippen molar-refractivity contribution < 1.29 is 32.9 Å². The lowest BCUT2D eigenvalue weighted by Crippen LogP contribution is -2.50. The lowest BCUT2D eigenvalue weighted by molar-refractivity contribution is -0.0367. The highest BCUT2D eigenvalue weighted by atomic mass is 35.5. The second kappa shape index (κ2) is 14.0. The number of rotatable bonds is 7. The number of nitrogens with zero attached hydrogens (tertiary/aromatic N) is 7. The number of likely N-dealkylation sites (tertiary alicyclic amines) is 1. The Balaban J connectivity index is 1.26. The largest absolute Gasteiger partial charge is 0.456 e. The fourth-order valence-electron chi connectivity index (χ4n) is 6.75. The topological polar surface area (TPSA) is 117 Å². The van der Waals surface area contributed by atoms with Crippen LogP contribution < -0.4 is 14.4 Å². The van der Waals surface area contributed by atoms with Gasteiger partial charge in [0.05, 0.1) is 17.1 Å². The lowest BCUT2D eigenvalue weighted by atomic mass is 10.1. The lowest BCUT2D eigenvalue weighted by Gasteiger charge is -2.36. The van der Waals surface area contributed by atoms with Crippen molar-refractivity contribution >= 4 is 45.3 Å². The average molecular weight is 712 g/mol. The third-order valence-corrected chi connectivity index (χ3v) is 9.58. The number of likely N-dealkylation sites (N-methyl/N-ethyl adjacent to an activating group) is 1. The number of hydrogen-bond acceptors (Lipinski definition) is 11. The van der Waals surface area contributed by atoms with Gasteiger partial charge in [0.25, 0.3) is 0 Å². The zero-order chi connectivity index (χ0) is 35.2. The Morgan fingerprint density at radius 3 is 2.56 bits per heavy atom. The molecular weight excluding hydrogens is 669 g/mol. The van der Waals surface area contributed by atoms with Gasteiger partial charge in [-0.05, 0) is 59.2 Å². The maximum atomic E-state index is 15.4. The fraction of sp³-hybridized carbons (Fsp3) is 0.543. The van der Waals surface area contributed by atoms with E-state index >= 15 is 4.39 Å². The molecule has 0 aliphatic carbocycles. The van der Waals surface area contributed by atoms with Gasteiger partial charge in [-0.1, -0.05) is 17.7 Å². The number of amides is 1. The van der Waals surface area contributed by atoms with Crippen LogP contribution in [0.25, 0.3) is 21.8 Å². The Kier molecular flexibility index (Phi) is 9.63. The molecular formula is C35H43ClFN7O6. The normalized spacial score (nSPS) is 22.0. The molecule has 3 atom stereocenters. The molecule has 50 heavy (non-hydrogen) atoms. The number of benzene rings is 2. The maximum Gasteiger partial charge on any atom is 0.410 e. The Morgan fingerprint density at radius 1 is 1.06 bits per heavy atom. The Hall–Kier alpha value is -3.98. The van der Waals surface area contributed by atoms with E-state index in [4.69, 9.17) is 45.3 Å². The molecule has 4 aromatic rings. The SMILES string of the molecule is CO[C@@H]1CN(C)C[C@H]1Oc1nc(N2CCN(C(=O)OC(C)(C)C)CC2)c2cccc(Oc3c(Cl)c(F)cc4c3cnn4C3CCCCO3)c2n1. The van der Waals surface area contributed by atoms with E-state index in [0.717, 1.165) is 19.3 Å². The molecule has 3 saturated heterocycles. The number of para-hydroxylation sites is 1. The van der Waals surface area contributed by atoms with E-state index in [0.29, 0.717) is 79.2 Å². The molecule has 268 valence electrons. The van der Waals surface area contributed by atoms with Gasteiger partial charge in [-0.25, -0.2) is 13.9 Å².